The number of hydrogen-bond donors (Lipinski definition) is 1. The second-order valence-electron chi connectivity index (χ2n) is 12.2. The van der Waals surface area contributed by atoms with Crippen LogP contribution in [-0.2, 0) is 25.8 Å². The first-order valence-electron chi connectivity index (χ1n) is 18.8. The molecule has 1 aliphatic carbocycles. The maximum absolute atomic E-state index is 4.03. The van der Waals surface area contributed by atoms with Crippen LogP contribution >= 0.6 is 0 Å². The molecule has 0 radical (unpaired) electrons. The summed E-state index contributed by atoms with van der Waals surface area (Å²) in [4.78, 5) is 15.1. The molecule has 1 aliphatic rings. The average Bonchev–Trinajstić information content (AvgIpc) is 3.98. The Morgan fingerprint density at radius 3 is 2.06 bits per heavy atom. The van der Waals surface area contributed by atoms with E-state index in [1.165, 1.54) is 92.8 Å². The maximum Gasteiger partial charge on any atom is 0.0583 e. The number of nitrogens with zero attached hydrogens (tertiary/aromatic N) is 4. The van der Waals surface area contributed by atoms with Crippen molar-refractivity contribution >= 4 is 10.9 Å². The van der Waals surface area contributed by atoms with Gasteiger partial charge in [-0.05, 0) is 86.4 Å². The molecule has 0 saturated carbocycles. The standard InChI is InChI=1S/C12H20.C10H11N.C9H15N.C7H9N.C6H8N2/c1-2-3-4-5-6-9-12-10-7-8-11-12;1-2-8-4-3-5-10-9(8)6-7-11-10;1-2-3-4-7-10-8-5-6-9-10;1-2-7-4-3-5-8-6-7;1-2-6-5-7-3-4-8-6/h7-8,10H,2-6,9,11H2,1H3;3-7,11H,2H2,1H3;5-6,8-9H,2-4,7H2,1H3;3-6H,2H2,1H3;3-5H,2H2,1H3. The largest absolute Gasteiger partial charge is 0.361 e. The van der Waals surface area contributed by atoms with Gasteiger partial charge in [0.15, 0.2) is 0 Å². The minimum absolute atomic E-state index is 0.966. The van der Waals surface area contributed by atoms with Gasteiger partial charge in [0.05, 0.1) is 5.69 Å². The third kappa shape index (κ3) is 18.8. The van der Waals surface area contributed by atoms with Crippen molar-refractivity contribution in [2.45, 2.75) is 125 Å². The number of aromatic nitrogens is 5. The third-order valence-electron chi connectivity index (χ3n) is 8.31. The molecule has 0 spiro atoms. The van der Waals surface area contributed by atoms with Crippen LogP contribution in [0.25, 0.3) is 10.9 Å². The van der Waals surface area contributed by atoms with Crippen LogP contribution in [0.2, 0.25) is 0 Å². The Labute approximate surface area is 298 Å². The molecule has 0 atom stereocenters. The molecule has 5 heteroatoms. The first kappa shape index (κ1) is 40.9. The van der Waals surface area contributed by atoms with Gasteiger partial charge in [-0.1, -0.05) is 115 Å². The molecule has 0 bridgehead atoms. The van der Waals surface area contributed by atoms with Crippen LogP contribution in [0, 0.1) is 0 Å². The van der Waals surface area contributed by atoms with Crippen molar-refractivity contribution in [3.05, 3.63) is 139 Å². The first-order chi connectivity index (χ1) is 24.1. The molecule has 49 heavy (non-hydrogen) atoms. The van der Waals surface area contributed by atoms with Gasteiger partial charge in [0.1, 0.15) is 0 Å². The molecular weight excluding hydrogens is 599 g/mol. The van der Waals surface area contributed by atoms with E-state index in [9.17, 15) is 0 Å². The van der Waals surface area contributed by atoms with Crippen molar-refractivity contribution in [3.63, 3.8) is 0 Å². The molecule has 264 valence electrons. The fourth-order valence-electron chi connectivity index (χ4n) is 5.27. The summed E-state index contributed by atoms with van der Waals surface area (Å²) in [6, 6.07) is 16.7. The predicted molar refractivity (Wildman–Crippen MR) is 212 cm³/mol. The molecule has 1 N–H and O–H groups in total. The lowest BCUT2D eigenvalue weighted by atomic mass is 10.1. The first-order valence-corrected chi connectivity index (χ1v) is 18.8. The molecule has 4 heterocycles. The number of aryl methyl sites for hydroxylation is 4. The molecular formula is C44H63N5. The highest BCUT2D eigenvalue weighted by molar-refractivity contribution is 5.82. The number of H-pyrrole nitrogens is 1. The van der Waals surface area contributed by atoms with Crippen LogP contribution in [0.1, 0.15) is 116 Å². The van der Waals surface area contributed by atoms with E-state index < -0.39 is 0 Å². The van der Waals surface area contributed by atoms with Gasteiger partial charge >= 0.3 is 0 Å². The van der Waals surface area contributed by atoms with Crippen LogP contribution in [0.3, 0.4) is 0 Å². The normalized spacial score (nSPS) is 11.2. The zero-order valence-electron chi connectivity index (χ0n) is 31.2. The van der Waals surface area contributed by atoms with Crippen molar-refractivity contribution < 1.29 is 0 Å². The van der Waals surface area contributed by atoms with Crippen LogP contribution in [0.5, 0.6) is 0 Å². The molecule has 0 aliphatic heterocycles. The van der Waals surface area contributed by atoms with Crippen LogP contribution < -0.4 is 0 Å². The van der Waals surface area contributed by atoms with E-state index in [4.69, 9.17) is 0 Å². The zero-order valence-corrected chi connectivity index (χ0v) is 31.2. The molecule has 1 aromatic carbocycles. The topological polar surface area (TPSA) is 59.4 Å². The number of hydrogen-bond acceptors (Lipinski definition) is 3. The van der Waals surface area contributed by atoms with Crippen molar-refractivity contribution in [1.29, 1.82) is 0 Å². The van der Waals surface area contributed by atoms with E-state index >= 15 is 0 Å². The summed E-state index contributed by atoms with van der Waals surface area (Å²) in [6.07, 6.45) is 38.5. The Bertz CT molecular complexity index is 1460. The molecule has 5 aromatic rings. The second-order valence-corrected chi connectivity index (χ2v) is 12.2. The zero-order chi connectivity index (χ0) is 35.2. The minimum atomic E-state index is 0.966. The average molecular weight is 662 g/mol. The summed E-state index contributed by atoms with van der Waals surface area (Å²) >= 11 is 0. The maximum atomic E-state index is 4.03. The Morgan fingerprint density at radius 1 is 0.694 bits per heavy atom. The number of aromatic amines is 1. The van der Waals surface area contributed by atoms with Crippen LogP contribution in [0.4, 0.5) is 0 Å². The number of rotatable bonds is 13. The van der Waals surface area contributed by atoms with Crippen LogP contribution in [0.15, 0.2) is 122 Å². The smallest absolute Gasteiger partial charge is 0.0583 e. The van der Waals surface area contributed by atoms with Crippen molar-refractivity contribution in [3.8, 4) is 0 Å². The van der Waals surface area contributed by atoms with Gasteiger partial charge in [0, 0.05) is 67.0 Å². The molecule has 0 saturated heterocycles. The minimum Gasteiger partial charge on any atom is -0.361 e. The lowest BCUT2D eigenvalue weighted by molar-refractivity contribution is 0.604. The van der Waals surface area contributed by atoms with E-state index in [1.807, 2.05) is 18.5 Å². The fourth-order valence-corrected chi connectivity index (χ4v) is 5.27. The van der Waals surface area contributed by atoms with E-state index in [0.717, 1.165) is 25.0 Å². The number of pyridine rings is 1. The Morgan fingerprint density at radius 2 is 1.47 bits per heavy atom. The van der Waals surface area contributed by atoms with E-state index in [1.54, 1.807) is 30.4 Å². The van der Waals surface area contributed by atoms with Crippen molar-refractivity contribution in [2.75, 3.05) is 0 Å². The SMILES string of the molecule is CCCCCCCC1=CC=CC1.CCCCCn1cccc1.CCc1cccc2[nH]ccc12.CCc1cccnc1.CCc1cnccn1. The summed E-state index contributed by atoms with van der Waals surface area (Å²) < 4.78 is 2.23. The summed E-state index contributed by atoms with van der Waals surface area (Å²) in [6.45, 7) is 12.0. The molecule has 6 rings (SSSR count). The summed E-state index contributed by atoms with van der Waals surface area (Å²) in [5.74, 6) is 0. The quantitative estimate of drug-likeness (QED) is 0.128. The number of nitrogens with one attached hydrogen (secondary N) is 1. The monoisotopic (exact) mass is 662 g/mol. The number of allylic oxidation sites excluding steroid dienone is 4. The lowest BCUT2D eigenvalue weighted by Crippen LogP contribution is -1.92. The van der Waals surface area contributed by atoms with Gasteiger partial charge < -0.3 is 9.55 Å². The van der Waals surface area contributed by atoms with Gasteiger partial charge in [-0.25, -0.2) is 0 Å². The van der Waals surface area contributed by atoms with E-state index in [-0.39, 0.29) is 0 Å². The predicted octanol–water partition coefficient (Wildman–Crippen LogP) is 12.3. The van der Waals surface area contributed by atoms with Crippen molar-refractivity contribution in [2.24, 2.45) is 0 Å². The Balaban J connectivity index is 0.000000214. The van der Waals surface area contributed by atoms with E-state index in [0.29, 0.717) is 0 Å². The van der Waals surface area contributed by atoms with Gasteiger partial charge in [-0.15, -0.1) is 0 Å². The molecule has 4 aromatic heterocycles. The highest BCUT2D eigenvalue weighted by Crippen LogP contribution is 2.18. The highest BCUT2D eigenvalue weighted by Gasteiger charge is 1.99. The third-order valence-corrected chi connectivity index (χ3v) is 8.31. The summed E-state index contributed by atoms with van der Waals surface area (Å²) in [5, 5.41) is 1.36. The van der Waals surface area contributed by atoms with Gasteiger partial charge in [0.2, 0.25) is 0 Å². The van der Waals surface area contributed by atoms with Crippen molar-refractivity contribution in [1.82, 2.24) is 24.5 Å². The summed E-state index contributed by atoms with van der Waals surface area (Å²) in [5.41, 5.74) is 6.64. The molecule has 0 fully saturated rings. The Kier molecular flexibility index (Phi) is 23.1. The van der Waals surface area contributed by atoms with Crippen LogP contribution in [-0.4, -0.2) is 24.5 Å². The van der Waals surface area contributed by atoms with Gasteiger partial charge in [-0.3, -0.25) is 15.0 Å². The van der Waals surface area contributed by atoms with Gasteiger partial charge in [-0.2, -0.15) is 0 Å². The number of unbranched alkanes of at least 4 members (excludes halogenated alkanes) is 6. The summed E-state index contributed by atoms with van der Waals surface area (Å²) in [7, 11) is 0. The molecule has 5 nitrogen and oxygen atoms in total. The number of benzene rings is 1. The lowest BCUT2D eigenvalue weighted by Gasteiger charge is -2.00. The second kappa shape index (κ2) is 27.7. The highest BCUT2D eigenvalue weighted by atomic mass is 14.9. The number of fused-ring (bicyclic) bond motifs is 1. The van der Waals surface area contributed by atoms with E-state index in [2.05, 4.69) is 132 Å². The Hall–Kier alpha value is -4.25. The molecule has 0 unspecified atom stereocenters. The fraction of sp³-hybridized carbons (Fsp3) is 0.432. The van der Waals surface area contributed by atoms with Gasteiger partial charge in [0.25, 0.3) is 0 Å². The molecule has 0 amide bonds.